The van der Waals surface area contributed by atoms with Crippen LogP contribution >= 0.6 is 12.4 Å². The van der Waals surface area contributed by atoms with Crippen LogP contribution in [-0.2, 0) is 9.84 Å². The van der Waals surface area contributed by atoms with Crippen LogP contribution in [0.1, 0.15) is 25.5 Å². The zero-order valence-corrected chi connectivity index (χ0v) is 11.3. The first kappa shape index (κ1) is 15.4. The van der Waals surface area contributed by atoms with Gasteiger partial charge in [0.1, 0.15) is 0 Å². The molecule has 0 aliphatic rings. The molecule has 0 aliphatic heterocycles. The second-order valence-corrected chi connectivity index (χ2v) is 6.13. The van der Waals surface area contributed by atoms with E-state index in [9.17, 15) is 8.42 Å². The lowest BCUT2D eigenvalue weighted by Gasteiger charge is -2.16. The highest BCUT2D eigenvalue weighted by atomic mass is 35.5. The summed E-state index contributed by atoms with van der Waals surface area (Å²) in [6, 6.07) is 6.71. The van der Waals surface area contributed by atoms with E-state index in [4.69, 9.17) is 5.73 Å². The van der Waals surface area contributed by atoms with E-state index in [0.29, 0.717) is 10.8 Å². The van der Waals surface area contributed by atoms with Crippen LogP contribution in [-0.4, -0.2) is 14.7 Å². The third-order valence-corrected chi connectivity index (χ3v) is 3.50. The largest absolute Gasteiger partial charge is 0.324 e. The van der Waals surface area contributed by atoms with Gasteiger partial charge in [-0.25, -0.2) is 8.42 Å². The highest BCUT2D eigenvalue weighted by Crippen LogP contribution is 2.21. The highest BCUT2D eigenvalue weighted by Gasteiger charge is 2.13. The molecular formula is C11H18ClNO2S. The fourth-order valence-electron chi connectivity index (χ4n) is 1.34. The van der Waals surface area contributed by atoms with Crippen molar-refractivity contribution in [1.29, 1.82) is 0 Å². The van der Waals surface area contributed by atoms with Gasteiger partial charge in [0.05, 0.1) is 4.90 Å². The van der Waals surface area contributed by atoms with Gasteiger partial charge in [-0.3, -0.25) is 0 Å². The molecule has 1 aromatic rings. The van der Waals surface area contributed by atoms with E-state index in [0.717, 1.165) is 5.56 Å². The van der Waals surface area contributed by atoms with Crippen molar-refractivity contribution >= 4 is 22.2 Å². The lowest BCUT2D eigenvalue weighted by atomic mass is 9.97. The van der Waals surface area contributed by atoms with Crippen LogP contribution in [0.15, 0.2) is 29.2 Å². The maximum Gasteiger partial charge on any atom is 0.175 e. The highest BCUT2D eigenvalue weighted by molar-refractivity contribution is 7.90. The summed E-state index contributed by atoms with van der Waals surface area (Å²) in [6.45, 7) is 4.02. The van der Waals surface area contributed by atoms with Gasteiger partial charge in [0.15, 0.2) is 9.84 Å². The van der Waals surface area contributed by atoms with Crippen molar-refractivity contribution in [3.05, 3.63) is 29.8 Å². The molecule has 1 aromatic carbocycles. The Kier molecular flexibility index (Phi) is 5.46. The summed E-state index contributed by atoms with van der Waals surface area (Å²) in [5.74, 6) is 0.291. The van der Waals surface area contributed by atoms with Gasteiger partial charge in [0.2, 0.25) is 0 Å². The monoisotopic (exact) mass is 263 g/mol. The van der Waals surface area contributed by atoms with Crippen LogP contribution in [0.3, 0.4) is 0 Å². The molecule has 0 fully saturated rings. The standard InChI is InChI=1S/C11H17NO2S.ClH/c1-8(2)11(12)9-5-4-6-10(7-9)15(3,13)14;/h4-8,11H,12H2,1-3H3;1H/t11-;/m0./s1. The van der Waals surface area contributed by atoms with E-state index in [1.165, 1.54) is 6.26 Å². The zero-order chi connectivity index (χ0) is 11.6. The summed E-state index contributed by atoms with van der Waals surface area (Å²) >= 11 is 0. The molecule has 0 aromatic heterocycles. The third kappa shape index (κ3) is 3.77. The van der Waals surface area contributed by atoms with Gasteiger partial charge in [-0.15, -0.1) is 12.4 Å². The van der Waals surface area contributed by atoms with Gasteiger partial charge in [0, 0.05) is 12.3 Å². The van der Waals surface area contributed by atoms with Crippen LogP contribution in [0.5, 0.6) is 0 Å². The summed E-state index contributed by atoms with van der Waals surface area (Å²) in [5.41, 5.74) is 6.82. The minimum Gasteiger partial charge on any atom is -0.324 e. The van der Waals surface area contributed by atoms with E-state index in [1.807, 2.05) is 19.9 Å². The Morgan fingerprint density at radius 3 is 2.25 bits per heavy atom. The fraction of sp³-hybridized carbons (Fsp3) is 0.455. The van der Waals surface area contributed by atoms with Crippen molar-refractivity contribution in [2.24, 2.45) is 11.7 Å². The molecule has 5 heteroatoms. The lowest BCUT2D eigenvalue weighted by Crippen LogP contribution is -2.17. The third-order valence-electron chi connectivity index (χ3n) is 2.39. The Bertz CT molecular complexity index is 443. The molecule has 16 heavy (non-hydrogen) atoms. The smallest absolute Gasteiger partial charge is 0.175 e. The second kappa shape index (κ2) is 5.66. The quantitative estimate of drug-likeness (QED) is 0.909. The molecule has 92 valence electrons. The number of rotatable bonds is 3. The van der Waals surface area contributed by atoms with E-state index in [1.54, 1.807) is 18.2 Å². The lowest BCUT2D eigenvalue weighted by molar-refractivity contribution is 0.513. The Morgan fingerprint density at radius 1 is 1.25 bits per heavy atom. The first-order valence-corrected chi connectivity index (χ1v) is 6.77. The maximum absolute atomic E-state index is 11.3. The molecule has 2 N–H and O–H groups in total. The first-order valence-electron chi connectivity index (χ1n) is 4.88. The summed E-state index contributed by atoms with van der Waals surface area (Å²) in [5, 5.41) is 0. The molecule has 0 aliphatic carbocycles. The summed E-state index contributed by atoms with van der Waals surface area (Å²) < 4.78 is 22.7. The van der Waals surface area contributed by atoms with Gasteiger partial charge in [-0.1, -0.05) is 26.0 Å². The molecule has 0 unspecified atom stereocenters. The molecule has 1 atom stereocenters. The Morgan fingerprint density at radius 2 is 1.81 bits per heavy atom. The predicted octanol–water partition coefficient (Wildman–Crippen LogP) is 2.17. The molecular weight excluding hydrogens is 246 g/mol. The van der Waals surface area contributed by atoms with Gasteiger partial charge < -0.3 is 5.73 Å². The molecule has 0 saturated carbocycles. The van der Waals surface area contributed by atoms with Gasteiger partial charge in [-0.05, 0) is 23.6 Å². The average molecular weight is 264 g/mol. The number of halogens is 1. The van der Waals surface area contributed by atoms with Gasteiger partial charge >= 0.3 is 0 Å². The van der Waals surface area contributed by atoms with Crippen molar-refractivity contribution in [3.8, 4) is 0 Å². The van der Waals surface area contributed by atoms with Crippen molar-refractivity contribution in [3.63, 3.8) is 0 Å². The van der Waals surface area contributed by atoms with Crippen molar-refractivity contribution in [1.82, 2.24) is 0 Å². The molecule has 0 amide bonds. The van der Waals surface area contributed by atoms with E-state index >= 15 is 0 Å². The van der Waals surface area contributed by atoms with Gasteiger partial charge in [-0.2, -0.15) is 0 Å². The molecule has 0 bridgehead atoms. The SMILES string of the molecule is CC(C)[C@H](N)c1cccc(S(C)(=O)=O)c1.Cl. The van der Waals surface area contributed by atoms with Crippen LogP contribution < -0.4 is 5.73 Å². The Labute approximate surface area is 103 Å². The number of nitrogens with two attached hydrogens (primary N) is 1. The van der Waals surface area contributed by atoms with Crippen LogP contribution in [0.4, 0.5) is 0 Å². The zero-order valence-electron chi connectivity index (χ0n) is 9.67. The maximum atomic E-state index is 11.3. The summed E-state index contributed by atoms with van der Waals surface area (Å²) in [4.78, 5) is 0.330. The molecule has 0 spiro atoms. The van der Waals surface area contributed by atoms with E-state index in [2.05, 4.69) is 0 Å². The van der Waals surface area contributed by atoms with Crippen molar-refractivity contribution < 1.29 is 8.42 Å². The average Bonchev–Trinajstić information content (AvgIpc) is 2.15. The van der Waals surface area contributed by atoms with Crippen LogP contribution in [0, 0.1) is 5.92 Å². The fourth-order valence-corrected chi connectivity index (χ4v) is 2.01. The molecule has 0 radical (unpaired) electrons. The topological polar surface area (TPSA) is 60.2 Å². The van der Waals surface area contributed by atoms with Gasteiger partial charge in [0.25, 0.3) is 0 Å². The first-order chi connectivity index (χ1) is 6.82. The summed E-state index contributed by atoms with van der Waals surface area (Å²) in [6.07, 6.45) is 1.20. The Balaban J connectivity index is 0.00000225. The second-order valence-electron chi connectivity index (χ2n) is 4.11. The number of sulfone groups is 1. The van der Waals surface area contributed by atoms with Crippen molar-refractivity contribution in [2.45, 2.75) is 24.8 Å². The minimum absolute atomic E-state index is 0. The predicted molar refractivity (Wildman–Crippen MR) is 68.6 cm³/mol. The molecule has 1 rings (SSSR count). The van der Waals surface area contributed by atoms with Crippen LogP contribution in [0.25, 0.3) is 0 Å². The number of hydrogen-bond donors (Lipinski definition) is 1. The number of hydrogen-bond acceptors (Lipinski definition) is 3. The number of benzene rings is 1. The molecule has 3 nitrogen and oxygen atoms in total. The Hall–Kier alpha value is -0.580. The molecule has 0 saturated heterocycles. The summed E-state index contributed by atoms with van der Waals surface area (Å²) in [7, 11) is -3.14. The van der Waals surface area contributed by atoms with E-state index < -0.39 is 9.84 Å². The minimum atomic E-state index is -3.14. The normalized spacial score (nSPS) is 13.3. The van der Waals surface area contributed by atoms with E-state index in [-0.39, 0.29) is 18.4 Å². The van der Waals surface area contributed by atoms with Crippen molar-refractivity contribution in [2.75, 3.05) is 6.26 Å². The molecule has 0 heterocycles. The van der Waals surface area contributed by atoms with Crippen LogP contribution in [0.2, 0.25) is 0 Å².